The lowest BCUT2D eigenvalue weighted by molar-refractivity contribution is -0.139. The number of fused-ring (bicyclic) bond motifs is 4. The number of aliphatic carboxylic acids is 1. The highest BCUT2D eigenvalue weighted by Crippen LogP contribution is 2.42. The Morgan fingerprint density at radius 3 is 2.50 bits per heavy atom. The molecule has 9 nitrogen and oxygen atoms in total. The van der Waals surface area contributed by atoms with Crippen LogP contribution in [-0.4, -0.2) is 58.9 Å². The van der Waals surface area contributed by atoms with Crippen molar-refractivity contribution in [2.24, 2.45) is 17.6 Å². The third-order valence-electron chi connectivity index (χ3n) is 8.26. The number of carboxylic acid groups (broad SMARTS) is 1. The summed E-state index contributed by atoms with van der Waals surface area (Å²) in [5, 5.41) is 12.6. The molecule has 1 aromatic heterocycles. The molecule has 0 radical (unpaired) electrons. The number of pyridine rings is 1. The van der Waals surface area contributed by atoms with E-state index in [0.29, 0.717) is 11.6 Å². The minimum atomic E-state index is -1.13. The van der Waals surface area contributed by atoms with Gasteiger partial charge in [-0.3, -0.25) is 9.88 Å². The molecule has 4 heterocycles. The first-order valence-corrected chi connectivity index (χ1v) is 14.7. The SMILES string of the molecule is CC(C)(C)OC(=O)N[C@H](C(=O)O)c1ccccc1.CC[C@H]1CN2CC[C@H]1CC2[C@H](N)c1ccnc2ccc(OC)cc12. The van der Waals surface area contributed by atoms with E-state index in [9.17, 15) is 9.59 Å². The van der Waals surface area contributed by atoms with Gasteiger partial charge in [0.25, 0.3) is 0 Å². The van der Waals surface area contributed by atoms with Crippen molar-refractivity contribution < 1.29 is 24.2 Å². The largest absolute Gasteiger partial charge is 0.497 e. The number of nitrogens with two attached hydrogens (primary N) is 1. The van der Waals surface area contributed by atoms with E-state index in [-0.39, 0.29) is 6.04 Å². The van der Waals surface area contributed by atoms with E-state index < -0.39 is 23.7 Å². The molecule has 6 rings (SSSR count). The summed E-state index contributed by atoms with van der Waals surface area (Å²) in [6.45, 7) is 9.88. The topological polar surface area (TPSA) is 127 Å². The average Bonchev–Trinajstić information content (AvgIpc) is 2.98. The van der Waals surface area contributed by atoms with Gasteiger partial charge in [-0.1, -0.05) is 43.7 Å². The lowest BCUT2D eigenvalue weighted by atomic mass is 9.72. The molecular formula is C33H44N4O5. The smallest absolute Gasteiger partial charge is 0.408 e. The van der Waals surface area contributed by atoms with Gasteiger partial charge < -0.3 is 25.6 Å². The molecule has 3 aromatic rings. The molecule has 3 aliphatic rings. The monoisotopic (exact) mass is 576 g/mol. The van der Waals surface area contributed by atoms with Crippen molar-refractivity contribution in [1.82, 2.24) is 15.2 Å². The molecular weight excluding hydrogens is 532 g/mol. The van der Waals surface area contributed by atoms with Gasteiger partial charge in [0.2, 0.25) is 0 Å². The molecule has 0 saturated carbocycles. The number of methoxy groups -OCH3 is 1. The number of nitrogens with zero attached hydrogens (tertiary/aromatic N) is 2. The molecule has 0 spiro atoms. The van der Waals surface area contributed by atoms with Crippen molar-refractivity contribution in [2.45, 2.75) is 70.7 Å². The minimum absolute atomic E-state index is 0.0308. The maximum Gasteiger partial charge on any atom is 0.408 e. The number of aromatic nitrogens is 1. The molecule has 42 heavy (non-hydrogen) atoms. The maximum absolute atomic E-state index is 11.6. The van der Waals surface area contributed by atoms with Crippen LogP contribution in [0.4, 0.5) is 4.79 Å². The summed E-state index contributed by atoms with van der Waals surface area (Å²) in [5.41, 5.74) is 8.81. The summed E-state index contributed by atoms with van der Waals surface area (Å²) in [7, 11) is 1.70. The molecule has 226 valence electrons. The molecule has 9 heteroatoms. The number of nitrogens with one attached hydrogen (secondary N) is 1. The van der Waals surface area contributed by atoms with E-state index in [1.54, 1.807) is 58.2 Å². The lowest BCUT2D eigenvalue weighted by Gasteiger charge is -2.51. The standard InChI is InChI=1S/C20H27N3O.C13H17NO4/c1-3-13-12-23-9-7-14(13)10-19(23)20(21)16-6-8-22-18-5-4-15(24-2)11-17(16)18;1-13(2,3)18-12(17)14-10(11(15)16)9-7-5-4-6-8-9/h4-6,8,11,13-14,19-20H,3,7,9-10,12,21H2,1-2H3;4-8,10H,1-3H3,(H,14,17)(H,15,16)/t13-,14-,19?,20+;10-/m00/s1. The van der Waals surface area contributed by atoms with Crippen molar-refractivity contribution in [3.63, 3.8) is 0 Å². The van der Waals surface area contributed by atoms with Crippen LogP contribution in [-0.2, 0) is 9.53 Å². The van der Waals surface area contributed by atoms with Crippen LogP contribution in [0.5, 0.6) is 5.75 Å². The molecule has 1 amide bonds. The second kappa shape index (κ2) is 13.5. The Morgan fingerprint density at radius 2 is 1.90 bits per heavy atom. The number of benzene rings is 2. The average molecular weight is 577 g/mol. The number of carboxylic acids is 1. The second-order valence-corrected chi connectivity index (χ2v) is 12.2. The van der Waals surface area contributed by atoms with Crippen molar-refractivity contribution in [3.8, 4) is 5.75 Å². The van der Waals surface area contributed by atoms with E-state index in [4.69, 9.17) is 20.3 Å². The Labute approximate surface area is 248 Å². The van der Waals surface area contributed by atoms with E-state index in [2.05, 4.69) is 34.3 Å². The summed E-state index contributed by atoms with van der Waals surface area (Å²) < 4.78 is 10.4. The first-order chi connectivity index (χ1) is 20.0. The van der Waals surface area contributed by atoms with Gasteiger partial charge in [0, 0.05) is 30.2 Å². The van der Waals surface area contributed by atoms with Crippen LogP contribution < -0.4 is 15.8 Å². The zero-order valence-corrected chi connectivity index (χ0v) is 25.2. The Kier molecular flexibility index (Phi) is 10.1. The van der Waals surface area contributed by atoms with Crippen LogP contribution in [0.1, 0.15) is 70.2 Å². The number of hydrogen-bond donors (Lipinski definition) is 3. The predicted molar refractivity (Wildman–Crippen MR) is 163 cm³/mol. The molecule has 6 atom stereocenters. The predicted octanol–water partition coefficient (Wildman–Crippen LogP) is 5.70. The number of hydrogen-bond acceptors (Lipinski definition) is 7. The van der Waals surface area contributed by atoms with Gasteiger partial charge >= 0.3 is 12.1 Å². The number of piperidine rings is 3. The Morgan fingerprint density at radius 1 is 1.17 bits per heavy atom. The molecule has 3 aliphatic heterocycles. The lowest BCUT2D eigenvalue weighted by Crippen LogP contribution is -2.56. The molecule has 0 aliphatic carbocycles. The van der Waals surface area contributed by atoms with E-state index in [0.717, 1.165) is 28.5 Å². The van der Waals surface area contributed by atoms with Crippen molar-refractivity contribution in [2.75, 3.05) is 20.2 Å². The number of ether oxygens (including phenoxy) is 2. The van der Waals surface area contributed by atoms with Crippen LogP contribution in [0.15, 0.2) is 60.8 Å². The van der Waals surface area contributed by atoms with Gasteiger partial charge in [-0.25, -0.2) is 9.59 Å². The first-order valence-electron chi connectivity index (χ1n) is 14.7. The van der Waals surface area contributed by atoms with Gasteiger partial charge in [0.1, 0.15) is 11.4 Å². The minimum Gasteiger partial charge on any atom is -0.497 e. The fraction of sp³-hybridized carbons (Fsp3) is 0.485. The molecule has 3 saturated heterocycles. The van der Waals surface area contributed by atoms with Gasteiger partial charge in [-0.15, -0.1) is 0 Å². The number of carbonyl (C=O) groups is 2. The third kappa shape index (κ3) is 7.57. The quantitative estimate of drug-likeness (QED) is 0.327. The van der Waals surface area contributed by atoms with Crippen LogP contribution in [0, 0.1) is 11.8 Å². The van der Waals surface area contributed by atoms with Crippen molar-refractivity contribution in [1.29, 1.82) is 0 Å². The van der Waals surface area contributed by atoms with Gasteiger partial charge in [0.05, 0.1) is 12.6 Å². The number of alkyl carbamates (subject to hydrolysis) is 1. The fourth-order valence-corrected chi connectivity index (χ4v) is 6.15. The molecule has 3 fully saturated rings. The van der Waals surface area contributed by atoms with E-state index in [1.165, 1.54) is 37.9 Å². The summed E-state index contributed by atoms with van der Waals surface area (Å²) in [4.78, 5) is 29.8. The van der Waals surface area contributed by atoms with Crippen LogP contribution in [0.3, 0.4) is 0 Å². The van der Waals surface area contributed by atoms with Crippen LogP contribution in [0.25, 0.3) is 10.9 Å². The summed E-state index contributed by atoms with van der Waals surface area (Å²) >= 11 is 0. The molecule has 2 aromatic carbocycles. The zero-order valence-electron chi connectivity index (χ0n) is 25.2. The number of carbonyl (C=O) groups excluding carboxylic acids is 1. The van der Waals surface area contributed by atoms with Crippen LogP contribution in [0.2, 0.25) is 0 Å². The highest BCUT2D eigenvalue weighted by molar-refractivity contribution is 5.84. The summed E-state index contributed by atoms with van der Waals surface area (Å²) in [6, 6.07) is 16.0. The first kappa shape index (κ1) is 31.3. The molecule has 2 bridgehead atoms. The van der Waals surface area contributed by atoms with Crippen LogP contribution >= 0.6 is 0 Å². The Balaban J connectivity index is 0.000000202. The fourth-order valence-electron chi connectivity index (χ4n) is 6.15. The van der Waals surface area contributed by atoms with Gasteiger partial charge in [0.15, 0.2) is 6.04 Å². The second-order valence-electron chi connectivity index (χ2n) is 12.2. The maximum atomic E-state index is 11.6. The van der Waals surface area contributed by atoms with Crippen molar-refractivity contribution >= 4 is 23.0 Å². The summed E-state index contributed by atoms with van der Waals surface area (Å²) in [5.74, 6) is 1.43. The van der Waals surface area contributed by atoms with Gasteiger partial charge in [-0.05, 0) is 87.4 Å². The molecule has 4 N–H and O–H groups in total. The number of rotatable bonds is 7. The van der Waals surface area contributed by atoms with Crippen molar-refractivity contribution in [3.05, 3.63) is 71.9 Å². The van der Waals surface area contributed by atoms with E-state index in [1.807, 2.05) is 18.3 Å². The Bertz CT molecular complexity index is 1360. The zero-order chi connectivity index (χ0) is 30.4. The third-order valence-corrected chi connectivity index (χ3v) is 8.26. The number of amides is 1. The summed E-state index contributed by atoms with van der Waals surface area (Å²) in [6.07, 6.45) is 4.99. The highest BCUT2D eigenvalue weighted by Gasteiger charge is 2.42. The highest BCUT2D eigenvalue weighted by atomic mass is 16.6. The Hall–Kier alpha value is -3.69. The van der Waals surface area contributed by atoms with E-state index >= 15 is 0 Å². The molecule has 2 unspecified atom stereocenters. The normalized spacial score (nSPS) is 22.8. The van der Waals surface area contributed by atoms with Gasteiger partial charge in [-0.2, -0.15) is 0 Å².